The SMILES string of the molecule is c1ccc(-c2cccc(-c3c4ccccc4c(-c4ccc5c(c4)oc4cc6ccccc6cc45)c4ccccc34)n2)cc1. The van der Waals surface area contributed by atoms with Crippen molar-refractivity contribution in [2.75, 3.05) is 0 Å². The van der Waals surface area contributed by atoms with E-state index >= 15 is 0 Å². The maximum Gasteiger partial charge on any atom is 0.136 e. The molecule has 9 aromatic rings. The van der Waals surface area contributed by atoms with E-state index in [4.69, 9.17) is 9.40 Å². The molecule has 0 fully saturated rings. The number of fused-ring (bicyclic) bond motifs is 6. The van der Waals surface area contributed by atoms with Gasteiger partial charge < -0.3 is 4.42 Å². The predicted molar refractivity (Wildman–Crippen MR) is 180 cm³/mol. The van der Waals surface area contributed by atoms with Gasteiger partial charge in [-0.1, -0.05) is 115 Å². The number of benzene rings is 7. The van der Waals surface area contributed by atoms with Crippen molar-refractivity contribution in [3.05, 3.63) is 152 Å². The number of nitrogens with zero attached hydrogens (tertiary/aromatic N) is 1. The summed E-state index contributed by atoms with van der Waals surface area (Å²) in [5.41, 5.74) is 8.38. The molecule has 0 atom stereocenters. The lowest BCUT2D eigenvalue weighted by molar-refractivity contribution is 0.669. The van der Waals surface area contributed by atoms with Crippen LogP contribution in [0.4, 0.5) is 0 Å². The third-order valence-electron chi connectivity index (χ3n) is 8.63. The van der Waals surface area contributed by atoms with Gasteiger partial charge in [0.1, 0.15) is 11.2 Å². The fraction of sp³-hybridized carbons (Fsp3) is 0. The fourth-order valence-corrected chi connectivity index (χ4v) is 6.68. The highest BCUT2D eigenvalue weighted by atomic mass is 16.3. The number of aromatic nitrogens is 1. The Balaban J connectivity index is 1.31. The van der Waals surface area contributed by atoms with Crippen molar-refractivity contribution < 1.29 is 4.42 Å². The van der Waals surface area contributed by atoms with Crippen molar-refractivity contribution in [1.82, 2.24) is 4.98 Å². The minimum Gasteiger partial charge on any atom is -0.456 e. The van der Waals surface area contributed by atoms with Crippen molar-refractivity contribution in [1.29, 1.82) is 0 Å². The molecule has 0 aliphatic carbocycles. The molecule has 2 heteroatoms. The molecular formula is C41H25NO. The molecule has 200 valence electrons. The van der Waals surface area contributed by atoms with Crippen LogP contribution >= 0.6 is 0 Å². The van der Waals surface area contributed by atoms with Crippen LogP contribution in [-0.4, -0.2) is 4.98 Å². The molecule has 0 spiro atoms. The highest BCUT2D eigenvalue weighted by Crippen LogP contribution is 2.44. The minimum atomic E-state index is 0.900. The van der Waals surface area contributed by atoms with Crippen molar-refractivity contribution in [2.24, 2.45) is 0 Å². The van der Waals surface area contributed by atoms with Crippen LogP contribution < -0.4 is 0 Å². The fourth-order valence-electron chi connectivity index (χ4n) is 6.68. The van der Waals surface area contributed by atoms with Crippen LogP contribution in [0, 0.1) is 0 Å². The Morgan fingerprint density at radius 2 is 0.930 bits per heavy atom. The Morgan fingerprint density at radius 3 is 1.65 bits per heavy atom. The Labute approximate surface area is 248 Å². The van der Waals surface area contributed by atoms with Crippen LogP contribution in [0.15, 0.2) is 156 Å². The predicted octanol–water partition coefficient (Wildman–Crippen LogP) is 11.4. The van der Waals surface area contributed by atoms with Gasteiger partial charge in [0.05, 0.1) is 11.4 Å². The van der Waals surface area contributed by atoms with Gasteiger partial charge >= 0.3 is 0 Å². The molecule has 43 heavy (non-hydrogen) atoms. The van der Waals surface area contributed by atoms with Crippen molar-refractivity contribution in [3.8, 4) is 33.6 Å². The maximum absolute atomic E-state index is 6.49. The topological polar surface area (TPSA) is 26.0 Å². The molecule has 0 aliphatic heterocycles. The molecular weight excluding hydrogens is 522 g/mol. The van der Waals surface area contributed by atoms with E-state index < -0.39 is 0 Å². The first-order valence-corrected chi connectivity index (χ1v) is 14.6. The van der Waals surface area contributed by atoms with Crippen LogP contribution in [0.1, 0.15) is 0 Å². The Bertz CT molecular complexity index is 2450. The summed E-state index contributed by atoms with van der Waals surface area (Å²) in [6.45, 7) is 0. The molecule has 9 rings (SSSR count). The molecule has 0 amide bonds. The molecule has 0 saturated heterocycles. The zero-order chi connectivity index (χ0) is 28.3. The first kappa shape index (κ1) is 23.9. The molecule has 0 radical (unpaired) electrons. The lowest BCUT2D eigenvalue weighted by atomic mass is 9.87. The third kappa shape index (κ3) is 3.77. The largest absolute Gasteiger partial charge is 0.456 e. The number of furan rings is 1. The van der Waals surface area contributed by atoms with Gasteiger partial charge in [-0.25, -0.2) is 4.98 Å². The normalized spacial score (nSPS) is 11.7. The van der Waals surface area contributed by atoms with E-state index in [0.717, 1.165) is 50.0 Å². The Morgan fingerprint density at radius 1 is 0.349 bits per heavy atom. The van der Waals surface area contributed by atoms with E-state index in [1.54, 1.807) is 0 Å². The maximum atomic E-state index is 6.49. The van der Waals surface area contributed by atoms with E-state index in [1.807, 2.05) is 6.07 Å². The van der Waals surface area contributed by atoms with Gasteiger partial charge in [-0.3, -0.25) is 0 Å². The van der Waals surface area contributed by atoms with E-state index in [-0.39, 0.29) is 0 Å². The van der Waals surface area contributed by atoms with E-state index in [9.17, 15) is 0 Å². The van der Waals surface area contributed by atoms with E-state index in [1.165, 1.54) is 37.9 Å². The van der Waals surface area contributed by atoms with Crippen LogP contribution in [0.2, 0.25) is 0 Å². The summed E-state index contributed by atoms with van der Waals surface area (Å²) in [7, 11) is 0. The Hall–Kier alpha value is -5.73. The van der Waals surface area contributed by atoms with Gasteiger partial charge in [0.2, 0.25) is 0 Å². The summed E-state index contributed by atoms with van der Waals surface area (Å²) in [5, 5.41) is 9.46. The summed E-state index contributed by atoms with van der Waals surface area (Å²) < 4.78 is 6.49. The molecule has 0 bridgehead atoms. The summed E-state index contributed by atoms with van der Waals surface area (Å²) in [6.07, 6.45) is 0. The van der Waals surface area contributed by atoms with Crippen LogP contribution in [0.3, 0.4) is 0 Å². The first-order chi connectivity index (χ1) is 21.3. The zero-order valence-corrected chi connectivity index (χ0v) is 23.3. The Kier molecular flexibility index (Phi) is 5.23. The molecule has 0 saturated carbocycles. The van der Waals surface area contributed by atoms with Crippen molar-refractivity contribution in [2.45, 2.75) is 0 Å². The van der Waals surface area contributed by atoms with Crippen LogP contribution in [0.25, 0.3) is 87.9 Å². The van der Waals surface area contributed by atoms with Crippen molar-refractivity contribution >= 4 is 54.3 Å². The van der Waals surface area contributed by atoms with Gasteiger partial charge in [-0.05, 0) is 79.8 Å². The number of pyridine rings is 1. The molecule has 2 heterocycles. The minimum absolute atomic E-state index is 0.900. The number of hydrogen-bond donors (Lipinski definition) is 0. The number of rotatable bonds is 3. The second kappa shape index (κ2) is 9.40. The molecule has 2 nitrogen and oxygen atoms in total. The summed E-state index contributed by atoms with van der Waals surface area (Å²) in [6, 6.07) is 53.7. The van der Waals surface area contributed by atoms with Crippen molar-refractivity contribution in [3.63, 3.8) is 0 Å². The third-order valence-corrected chi connectivity index (χ3v) is 8.63. The van der Waals surface area contributed by atoms with Gasteiger partial charge in [-0.2, -0.15) is 0 Å². The summed E-state index contributed by atoms with van der Waals surface area (Å²) >= 11 is 0. The average Bonchev–Trinajstić information content (AvgIpc) is 3.43. The van der Waals surface area contributed by atoms with Gasteiger partial charge in [0.15, 0.2) is 0 Å². The zero-order valence-electron chi connectivity index (χ0n) is 23.3. The summed E-state index contributed by atoms with van der Waals surface area (Å²) in [4.78, 5) is 5.19. The molecule has 0 N–H and O–H groups in total. The highest BCUT2D eigenvalue weighted by molar-refractivity contribution is 6.22. The summed E-state index contributed by atoms with van der Waals surface area (Å²) in [5.74, 6) is 0. The van der Waals surface area contributed by atoms with Gasteiger partial charge in [0, 0.05) is 21.9 Å². The quantitative estimate of drug-likeness (QED) is 0.206. The standard InChI is InChI=1S/C41H25NO/c1-2-11-26(12-3-1)36-19-10-20-37(42-36)41-33-17-8-6-15-31(33)40(32-16-7-9-18-34(32)41)29-21-22-30-35-23-27-13-4-5-14-28(27)24-39(35)43-38(30)25-29/h1-25H. The van der Waals surface area contributed by atoms with Gasteiger partial charge in [-0.15, -0.1) is 0 Å². The molecule has 0 unspecified atom stereocenters. The van der Waals surface area contributed by atoms with Gasteiger partial charge in [0.25, 0.3) is 0 Å². The molecule has 7 aromatic carbocycles. The van der Waals surface area contributed by atoms with E-state index in [2.05, 4.69) is 146 Å². The monoisotopic (exact) mass is 547 g/mol. The molecule has 0 aliphatic rings. The lowest BCUT2D eigenvalue weighted by Gasteiger charge is -2.17. The van der Waals surface area contributed by atoms with E-state index in [0.29, 0.717) is 0 Å². The number of hydrogen-bond acceptors (Lipinski definition) is 2. The van der Waals surface area contributed by atoms with Crippen LogP contribution in [-0.2, 0) is 0 Å². The second-order valence-corrected chi connectivity index (χ2v) is 11.1. The molecule has 2 aromatic heterocycles. The lowest BCUT2D eigenvalue weighted by Crippen LogP contribution is -1.93. The second-order valence-electron chi connectivity index (χ2n) is 11.1. The first-order valence-electron chi connectivity index (χ1n) is 14.6. The average molecular weight is 548 g/mol. The smallest absolute Gasteiger partial charge is 0.136 e. The van der Waals surface area contributed by atoms with Crippen LogP contribution in [0.5, 0.6) is 0 Å². The highest BCUT2D eigenvalue weighted by Gasteiger charge is 2.19.